The van der Waals surface area contributed by atoms with Gasteiger partial charge in [-0.25, -0.2) is 9.78 Å². The van der Waals surface area contributed by atoms with Gasteiger partial charge in [-0.3, -0.25) is 0 Å². The van der Waals surface area contributed by atoms with Gasteiger partial charge in [0.1, 0.15) is 17.2 Å². The lowest BCUT2D eigenvalue weighted by molar-refractivity contribution is -0.133. The van der Waals surface area contributed by atoms with Gasteiger partial charge in [0, 0.05) is 0 Å². The van der Waals surface area contributed by atoms with Gasteiger partial charge in [-0.2, -0.15) is 0 Å². The summed E-state index contributed by atoms with van der Waals surface area (Å²) in [6.07, 6.45) is 0. The predicted octanol–water partition coefficient (Wildman–Crippen LogP) is 3.76. The lowest BCUT2D eigenvalue weighted by atomic mass is 10.2. The summed E-state index contributed by atoms with van der Waals surface area (Å²) in [5, 5.41) is 18.7. The number of fused-ring (bicyclic) bond motifs is 1. The topological polar surface area (TPSA) is 101 Å². The van der Waals surface area contributed by atoms with Crippen LogP contribution in [0.4, 0.5) is 0 Å². The lowest BCUT2D eigenvalue weighted by Crippen LogP contribution is -2.09. The molecule has 0 fully saturated rings. The first-order valence-corrected chi connectivity index (χ1v) is 10.5. The molecule has 3 rings (SSSR count). The Hall–Kier alpha value is -2.04. The summed E-state index contributed by atoms with van der Waals surface area (Å²) in [6, 6.07) is 7.39. The first-order valence-electron chi connectivity index (χ1n) is 7.67. The number of thioether (sulfide) groups is 2. The van der Waals surface area contributed by atoms with Gasteiger partial charge < -0.3 is 14.8 Å². The maximum absolute atomic E-state index is 12.2. The maximum Gasteiger partial charge on any atom is 0.345 e. The standard InChI is InChI=1S/C16H16N4O3S3/c1-3-24-15-19-20-16(26-15)25-8-11(21)12(14(22)23-2)13-17-9-6-4-5-7-10(9)18-13/h4-7,21H,3,8H2,1-2H3,(H,17,18). The van der Waals surface area contributed by atoms with Gasteiger partial charge >= 0.3 is 5.97 Å². The van der Waals surface area contributed by atoms with Gasteiger partial charge in [-0.15, -0.1) is 10.2 Å². The average Bonchev–Trinajstić information content (AvgIpc) is 3.26. The molecule has 0 amide bonds. The van der Waals surface area contributed by atoms with Gasteiger partial charge in [-0.05, 0) is 17.9 Å². The van der Waals surface area contributed by atoms with Crippen LogP contribution in [0.3, 0.4) is 0 Å². The Morgan fingerprint density at radius 2 is 2.00 bits per heavy atom. The quantitative estimate of drug-likeness (QED) is 0.264. The molecule has 0 saturated carbocycles. The fourth-order valence-electron chi connectivity index (χ4n) is 2.16. The van der Waals surface area contributed by atoms with Crippen LogP contribution in [0.25, 0.3) is 16.6 Å². The molecule has 0 spiro atoms. The number of aromatic amines is 1. The highest BCUT2D eigenvalue weighted by Crippen LogP contribution is 2.30. The summed E-state index contributed by atoms with van der Waals surface area (Å²) in [4.78, 5) is 19.6. The summed E-state index contributed by atoms with van der Waals surface area (Å²) < 4.78 is 6.42. The number of imidazole rings is 1. The molecule has 136 valence electrons. The molecule has 2 heterocycles. The van der Waals surface area contributed by atoms with Crippen LogP contribution in [0.1, 0.15) is 12.7 Å². The van der Waals surface area contributed by atoms with E-state index < -0.39 is 5.97 Å². The Kier molecular flexibility index (Phi) is 6.17. The number of methoxy groups -OCH3 is 1. The van der Waals surface area contributed by atoms with Crippen LogP contribution >= 0.6 is 34.9 Å². The van der Waals surface area contributed by atoms with Crippen LogP contribution in [-0.4, -0.2) is 49.9 Å². The molecule has 0 saturated heterocycles. The van der Waals surface area contributed by atoms with Crippen LogP contribution in [0.15, 0.2) is 38.7 Å². The van der Waals surface area contributed by atoms with E-state index in [0.29, 0.717) is 5.52 Å². The molecule has 2 aromatic heterocycles. The molecule has 0 bridgehead atoms. The number of carbonyl (C=O) groups excluding carboxylic acids is 1. The Labute approximate surface area is 162 Å². The fourth-order valence-corrected chi connectivity index (χ4v) is 4.96. The summed E-state index contributed by atoms with van der Waals surface area (Å²) in [6.45, 7) is 2.05. The highest BCUT2D eigenvalue weighted by molar-refractivity contribution is 8.03. The van der Waals surface area contributed by atoms with Gasteiger partial charge in [0.15, 0.2) is 8.68 Å². The Morgan fingerprint density at radius 1 is 1.27 bits per heavy atom. The first-order chi connectivity index (χ1) is 12.6. The molecule has 26 heavy (non-hydrogen) atoms. The summed E-state index contributed by atoms with van der Waals surface area (Å²) in [5.74, 6) is 0.577. The molecule has 0 unspecified atom stereocenters. The minimum absolute atomic E-state index is 0.0175. The van der Waals surface area contributed by atoms with E-state index in [9.17, 15) is 9.90 Å². The number of rotatable bonds is 7. The number of carbonyl (C=O) groups is 1. The van der Waals surface area contributed by atoms with Crippen molar-refractivity contribution in [2.75, 3.05) is 18.6 Å². The van der Waals surface area contributed by atoms with Crippen molar-refractivity contribution in [3.63, 3.8) is 0 Å². The number of para-hydroxylation sites is 2. The molecule has 0 aliphatic carbocycles. The number of nitrogens with zero attached hydrogens (tertiary/aromatic N) is 3. The molecular formula is C16H16N4O3S3. The number of nitrogens with one attached hydrogen (secondary N) is 1. The Morgan fingerprint density at radius 3 is 2.69 bits per heavy atom. The van der Waals surface area contributed by atoms with Crippen molar-refractivity contribution in [2.45, 2.75) is 15.6 Å². The second kappa shape index (κ2) is 8.56. The zero-order valence-corrected chi connectivity index (χ0v) is 16.5. The lowest BCUT2D eigenvalue weighted by Gasteiger charge is -2.06. The first kappa shape index (κ1) is 18.7. The van der Waals surface area contributed by atoms with Gasteiger partial charge in [0.2, 0.25) is 0 Å². The number of hydrogen-bond donors (Lipinski definition) is 2. The molecule has 1 aromatic carbocycles. The number of aliphatic hydroxyl groups excluding tert-OH is 1. The molecule has 3 aromatic rings. The van der Waals surface area contributed by atoms with Gasteiger partial charge in [0.25, 0.3) is 0 Å². The zero-order chi connectivity index (χ0) is 18.5. The third-order valence-electron chi connectivity index (χ3n) is 3.29. The van der Waals surface area contributed by atoms with E-state index in [4.69, 9.17) is 4.74 Å². The SMILES string of the molecule is CCSc1nnc(SCC(O)=C(C(=O)OC)c2nc3ccccc3[nH]2)s1. The van der Waals surface area contributed by atoms with Crippen LogP contribution in [0, 0.1) is 0 Å². The van der Waals surface area contributed by atoms with Crippen molar-refractivity contribution in [2.24, 2.45) is 0 Å². The molecule has 0 radical (unpaired) electrons. The summed E-state index contributed by atoms with van der Waals surface area (Å²) in [5.41, 5.74) is 1.49. The van der Waals surface area contributed by atoms with Crippen LogP contribution in [0.5, 0.6) is 0 Å². The van der Waals surface area contributed by atoms with Crippen molar-refractivity contribution in [3.05, 3.63) is 35.8 Å². The highest BCUT2D eigenvalue weighted by Gasteiger charge is 2.22. The fraction of sp³-hybridized carbons (Fsp3) is 0.250. The third-order valence-corrected chi connectivity index (χ3v) is 6.38. The van der Waals surface area contributed by atoms with E-state index in [2.05, 4.69) is 20.2 Å². The number of aromatic nitrogens is 4. The molecule has 7 nitrogen and oxygen atoms in total. The van der Waals surface area contributed by atoms with Crippen LogP contribution in [0.2, 0.25) is 0 Å². The molecule has 2 N–H and O–H groups in total. The van der Waals surface area contributed by atoms with Crippen molar-refractivity contribution < 1.29 is 14.6 Å². The van der Waals surface area contributed by atoms with Crippen LogP contribution < -0.4 is 0 Å². The molecule has 0 atom stereocenters. The third kappa shape index (κ3) is 4.19. The van der Waals surface area contributed by atoms with Gasteiger partial charge in [0.05, 0.1) is 23.9 Å². The largest absolute Gasteiger partial charge is 0.510 e. The summed E-state index contributed by atoms with van der Waals surface area (Å²) >= 11 is 4.37. The monoisotopic (exact) mass is 408 g/mol. The van der Waals surface area contributed by atoms with E-state index in [1.54, 1.807) is 11.8 Å². The highest BCUT2D eigenvalue weighted by atomic mass is 32.2. The van der Waals surface area contributed by atoms with Crippen molar-refractivity contribution in [1.82, 2.24) is 20.2 Å². The maximum atomic E-state index is 12.2. The van der Waals surface area contributed by atoms with E-state index in [1.807, 2.05) is 31.2 Å². The molecule has 0 aliphatic heterocycles. The predicted molar refractivity (Wildman–Crippen MR) is 105 cm³/mol. The number of H-pyrrole nitrogens is 1. The van der Waals surface area contributed by atoms with Crippen molar-refractivity contribution in [1.29, 1.82) is 0 Å². The number of hydrogen-bond acceptors (Lipinski definition) is 9. The second-order valence-corrected chi connectivity index (χ2v) is 8.68. The van der Waals surface area contributed by atoms with E-state index in [-0.39, 0.29) is 22.9 Å². The van der Waals surface area contributed by atoms with Crippen molar-refractivity contribution >= 4 is 57.4 Å². The Bertz CT molecular complexity index is 918. The number of benzene rings is 1. The van der Waals surface area contributed by atoms with Crippen molar-refractivity contribution in [3.8, 4) is 0 Å². The summed E-state index contributed by atoms with van der Waals surface area (Å²) in [7, 11) is 1.27. The van der Waals surface area contributed by atoms with E-state index in [1.165, 1.54) is 30.2 Å². The Balaban J connectivity index is 1.85. The molecular weight excluding hydrogens is 392 g/mol. The van der Waals surface area contributed by atoms with Crippen LogP contribution in [-0.2, 0) is 9.53 Å². The zero-order valence-electron chi connectivity index (χ0n) is 14.1. The molecule has 10 heteroatoms. The average molecular weight is 409 g/mol. The van der Waals surface area contributed by atoms with E-state index in [0.717, 1.165) is 19.9 Å². The van der Waals surface area contributed by atoms with Gasteiger partial charge in [-0.1, -0.05) is 53.9 Å². The number of aliphatic hydroxyl groups is 1. The molecule has 0 aliphatic rings. The normalized spacial score (nSPS) is 12.2. The smallest absolute Gasteiger partial charge is 0.345 e. The number of esters is 1. The minimum Gasteiger partial charge on any atom is -0.510 e. The minimum atomic E-state index is -0.651. The second-order valence-electron chi connectivity index (χ2n) is 4.97. The number of ether oxygens (including phenoxy) is 1. The van der Waals surface area contributed by atoms with E-state index >= 15 is 0 Å².